The lowest BCUT2D eigenvalue weighted by Gasteiger charge is -2.09. The fourth-order valence-electron chi connectivity index (χ4n) is 1.26. The quantitative estimate of drug-likeness (QED) is 0.591. The molecule has 1 rings (SSSR count). The molecule has 0 amide bonds. The molecule has 2 heteroatoms. The molecule has 1 nitrogen and oxygen atoms in total. The van der Waals surface area contributed by atoms with E-state index in [4.69, 9.17) is 4.74 Å². The summed E-state index contributed by atoms with van der Waals surface area (Å²) >= 11 is 0. The lowest BCUT2D eigenvalue weighted by atomic mass is 9.90. The first-order valence-electron chi connectivity index (χ1n) is 4.29. The van der Waals surface area contributed by atoms with Gasteiger partial charge in [-0.3, -0.25) is 0 Å². The van der Waals surface area contributed by atoms with Gasteiger partial charge in [0.05, 0.1) is 7.11 Å². The average Bonchev–Trinajstić information content (AvgIpc) is 2.04. The van der Waals surface area contributed by atoms with Crippen LogP contribution in [0.5, 0.6) is 5.75 Å². The zero-order valence-electron chi connectivity index (χ0n) is 8.22. The van der Waals surface area contributed by atoms with Crippen molar-refractivity contribution in [2.24, 2.45) is 0 Å². The zero-order valence-corrected chi connectivity index (χ0v) is 8.22. The lowest BCUT2D eigenvalue weighted by molar-refractivity contribution is 0.418. The molecule has 0 aliphatic heterocycles. The number of hydrogen-bond donors (Lipinski definition) is 0. The molecule has 0 aliphatic carbocycles. The van der Waals surface area contributed by atoms with Gasteiger partial charge in [-0.1, -0.05) is 26.0 Å². The highest BCUT2D eigenvalue weighted by Gasteiger charge is 2.01. The van der Waals surface area contributed by atoms with Crippen molar-refractivity contribution in [3.8, 4) is 5.75 Å². The Bertz CT molecular complexity index is 269. The van der Waals surface area contributed by atoms with Gasteiger partial charge in [0.15, 0.2) is 0 Å². The van der Waals surface area contributed by atoms with Crippen molar-refractivity contribution in [2.75, 3.05) is 7.11 Å². The summed E-state index contributed by atoms with van der Waals surface area (Å²) in [5.41, 5.74) is 2.58. The highest BCUT2D eigenvalue weighted by atomic mass is 16.5. The first-order valence-corrected chi connectivity index (χ1v) is 4.29. The molecule has 0 aromatic heterocycles. The smallest absolute Gasteiger partial charge is 0.144 e. The van der Waals surface area contributed by atoms with Gasteiger partial charge in [-0.25, -0.2) is 0 Å². The fourth-order valence-corrected chi connectivity index (χ4v) is 1.26. The summed E-state index contributed by atoms with van der Waals surface area (Å²) in [4.78, 5) is 0. The van der Waals surface area contributed by atoms with E-state index in [0.717, 1.165) is 5.75 Å². The van der Waals surface area contributed by atoms with Crippen LogP contribution < -0.4 is 10.2 Å². The molecule has 0 bridgehead atoms. The topological polar surface area (TPSA) is 9.23 Å². The van der Waals surface area contributed by atoms with E-state index in [0.29, 0.717) is 5.92 Å². The largest absolute Gasteiger partial charge is 0.497 e. The van der Waals surface area contributed by atoms with E-state index >= 15 is 0 Å². The van der Waals surface area contributed by atoms with Gasteiger partial charge in [0.2, 0.25) is 0 Å². The predicted molar refractivity (Wildman–Crippen MR) is 55.3 cm³/mol. The maximum atomic E-state index is 5.18. The maximum absolute atomic E-state index is 5.18. The van der Waals surface area contributed by atoms with E-state index in [1.165, 1.54) is 11.0 Å². The van der Waals surface area contributed by atoms with Crippen molar-refractivity contribution in [3.05, 3.63) is 23.8 Å². The summed E-state index contributed by atoms with van der Waals surface area (Å²) < 4.78 is 5.18. The van der Waals surface area contributed by atoms with Crippen LogP contribution >= 0.6 is 0 Å². The van der Waals surface area contributed by atoms with E-state index in [-0.39, 0.29) is 0 Å². The second-order valence-corrected chi connectivity index (χ2v) is 3.38. The van der Waals surface area contributed by atoms with E-state index in [1.54, 1.807) is 7.11 Å². The highest BCUT2D eigenvalue weighted by Crippen LogP contribution is 2.15. The molecule has 0 spiro atoms. The monoisotopic (exact) mass is 162 g/mol. The summed E-state index contributed by atoms with van der Waals surface area (Å²) in [7, 11) is 3.78. The highest BCUT2D eigenvalue weighted by molar-refractivity contribution is 6.34. The minimum absolute atomic E-state index is 0.592. The van der Waals surface area contributed by atoms with Crippen molar-refractivity contribution >= 4 is 13.3 Å². The number of ether oxygens (including phenoxy) is 1. The minimum Gasteiger partial charge on any atom is -0.497 e. The number of rotatable bonds is 2. The maximum Gasteiger partial charge on any atom is 0.144 e. The van der Waals surface area contributed by atoms with E-state index in [2.05, 4.69) is 33.8 Å². The molecule has 0 N–H and O–H groups in total. The SMILES string of the molecule is Bc1cc(C(C)C)ccc1OC. The van der Waals surface area contributed by atoms with Crippen molar-refractivity contribution in [1.29, 1.82) is 0 Å². The van der Waals surface area contributed by atoms with Gasteiger partial charge in [0.1, 0.15) is 13.6 Å². The molecule has 0 saturated carbocycles. The Morgan fingerprint density at radius 2 is 2.00 bits per heavy atom. The van der Waals surface area contributed by atoms with Gasteiger partial charge in [-0.15, -0.1) is 0 Å². The first kappa shape index (κ1) is 9.18. The van der Waals surface area contributed by atoms with Crippen LogP contribution in [0.3, 0.4) is 0 Å². The van der Waals surface area contributed by atoms with E-state index < -0.39 is 0 Å². The normalized spacial score (nSPS) is 10.3. The molecule has 64 valence electrons. The number of hydrogen-bond acceptors (Lipinski definition) is 1. The van der Waals surface area contributed by atoms with Gasteiger partial charge in [0.25, 0.3) is 0 Å². The molecule has 0 aliphatic rings. The zero-order chi connectivity index (χ0) is 9.14. The Labute approximate surface area is 75.2 Å². The molecule has 1 aromatic carbocycles. The summed E-state index contributed by atoms with van der Waals surface area (Å²) in [5, 5.41) is 0. The van der Waals surface area contributed by atoms with Crippen LogP contribution in [-0.2, 0) is 0 Å². The predicted octanol–water partition coefficient (Wildman–Crippen LogP) is 1.08. The van der Waals surface area contributed by atoms with Crippen LogP contribution in [0.25, 0.3) is 0 Å². The fraction of sp³-hybridized carbons (Fsp3) is 0.400. The Kier molecular flexibility index (Phi) is 2.80. The van der Waals surface area contributed by atoms with Crippen molar-refractivity contribution in [1.82, 2.24) is 0 Å². The van der Waals surface area contributed by atoms with E-state index in [1.807, 2.05) is 6.07 Å². The number of benzene rings is 1. The molecule has 12 heavy (non-hydrogen) atoms. The summed E-state index contributed by atoms with van der Waals surface area (Å²) in [5.74, 6) is 1.56. The Balaban J connectivity index is 3.02. The first-order chi connectivity index (χ1) is 5.65. The van der Waals surface area contributed by atoms with Crippen LogP contribution in [-0.4, -0.2) is 15.0 Å². The third kappa shape index (κ3) is 1.82. The van der Waals surface area contributed by atoms with Gasteiger partial charge >= 0.3 is 0 Å². The van der Waals surface area contributed by atoms with Crippen molar-refractivity contribution in [2.45, 2.75) is 19.8 Å². The Morgan fingerprint density at radius 1 is 1.33 bits per heavy atom. The van der Waals surface area contributed by atoms with Gasteiger partial charge < -0.3 is 4.74 Å². The molecule has 1 aromatic rings. The minimum atomic E-state index is 0.592. The molecule has 0 saturated heterocycles. The third-order valence-electron chi connectivity index (χ3n) is 2.09. The second-order valence-electron chi connectivity index (χ2n) is 3.38. The molecule has 0 fully saturated rings. The molecule has 0 unspecified atom stereocenters. The van der Waals surface area contributed by atoms with Crippen molar-refractivity contribution in [3.63, 3.8) is 0 Å². The summed E-state index contributed by atoms with van der Waals surface area (Å²) in [6, 6.07) is 6.34. The second kappa shape index (κ2) is 3.66. The summed E-state index contributed by atoms with van der Waals surface area (Å²) in [6.45, 7) is 4.39. The standard InChI is InChI=1S/C10H15BO/c1-7(2)8-4-5-10(12-3)9(11)6-8/h4-7H,11H2,1-3H3. The van der Waals surface area contributed by atoms with Crippen LogP contribution in [0.2, 0.25) is 0 Å². The summed E-state index contributed by atoms with van der Waals surface area (Å²) in [6.07, 6.45) is 0. The Hall–Kier alpha value is -0.915. The van der Waals surface area contributed by atoms with Crippen LogP contribution in [0.15, 0.2) is 18.2 Å². The molecule has 0 radical (unpaired) electrons. The van der Waals surface area contributed by atoms with Gasteiger partial charge in [0, 0.05) is 0 Å². The molecule has 0 heterocycles. The molecular weight excluding hydrogens is 147 g/mol. The van der Waals surface area contributed by atoms with Gasteiger partial charge in [-0.2, -0.15) is 0 Å². The van der Waals surface area contributed by atoms with Gasteiger partial charge in [-0.05, 0) is 23.0 Å². The van der Waals surface area contributed by atoms with Crippen LogP contribution in [0, 0.1) is 0 Å². The molecule has 0 atom stereocenters. The Morgan fingerprint density at radius 3 is 2.42 bits per heavy atom. The number of methoxy groups -OCH3 is 1. The lowest BCUT2D eigenvalue weighted by Crippen LogP contribution is -2.08. The van der Waals surface area contributed by atoms with Crippen molar-refractivity contribution < 1.29 is 4.74 Å². The third-order valence-corrected chi connectivity index (χ3v) is 2.09. The van der Waals surface area contributed by atoms with Crippen LogP contribution in [0.4, 0.5) is 0 Å². The van der Waals surface area contributed by atoms with E-state index in [9.17, 15) is 0 Å². The van der Waals surface area contributed by atoms with Crippen LogP contribution in [0.1, 0.15) is 25.3 Å². The average molecular weight is 162 g/mol. The molecular formula is C10H15BO.